The molecular formula is C15H26F7NO2S. The van der Waals surface area contributed by atoms with Crippen molar-refractivity contribution in [3.8, 4) is 0 Å². The molecule has 0 amide bonds. The third-order valence-corrected chi connectivity index (χ3v) is 5.40. The van der Waals surface area contributed by atoms with E-state index in [0.29, 0.717) is 12.8 Å². The molecule has 11 heteroatoms. The van der Waals surface area contributed by atoms with Crippen molar-refractivity contribution in [1.82, 2.24) is 4.72 Å². The Labute approximate surface area is 149 Å². The summed E-state index contributed by atoms with van der Waals surface area (Å²) >= 11 is 0. The van der Waals surface area contributed by atoms with Crippen LogP contribution in [-0.4, -0.2) is 32.3 Å². The van der Waals surface area contributed by atoms with Crippen LogP contribution in [0.3, 0.4) is 0 Å². The van der Waals surface area contributed by atoms with E-state index in [-0.39, 0.29) is 6.42 Å². The van der Waals surface area contributed by atoms with Gasteiger partial charge in [0.25, 0.3) is 10.0 Å². The van der Waals surface area contributed by atoms with E-state index in [2.05, 4.69) is 6.92 Å². The summed E-state index contributed by atoms with van der Waals surface area (Å²) in [5, 5.41) is -6.28. The third-order valence-electron chi connectivity index (χ3n) is 3.88. The lowest BCUT2D eigenvalue weighted by Gasteiger charge is -2.27. The molecule has 0 aromatic rings. The van der Waals surface area contributed by atoms with Crippen LogP contribution in [0.2, 0.25) is 0 Å². The molecule has 158 valence electrons. The van der Waals surface area contributed by atoms with Gasteiger partial charge in [-0.2, -0.15) is 30.7 Å². The predicted octanol–water partition coefficient (Wildman–Crippen LogP) is 5.62. The first-order valence-electron chi connectivity index (χ1n) is 8.63. The van der Waals surface area contributed by atoms with Gasteiger partial charge in [-0.3, -0.25) is 0 Å². The van der Waals surface area contributed by atoms with E-state index < -0.39 is 33.9 Å². The molecule has 0 aliphatic rings. The van der Waals surface area contributed by atoms with Crippen LogP contribution in [0.4, 0.5) is 30.7 Å². The van der Waals surface area contributed by atoms with E-state index in [9.17, 15) is 39.2 Å². The average molecular weight is 417 g/mol. The van der Waals surface area contributed by atoms with Crippen LogP contribution < -0.4 is 4.72 Å². The highest BCUT2D eigenvalue weighted by molar-refractivity contribution is 7.90. The van der Waals surface area contributed by atoms with Gasteiger partial charge >= 0.3 is 17.4 Å². The van der Waals surface area contributed by atoms with E-state index in [1.807, 2.05) is 0 Å². The van der Waals surface area contributed by atoms with Crippen molar-refractivity contribution in [2.24, 2.45) is 0 Å². The van der Waals surface area contributed by atoms with Crippen LogP contribution in [0.5, 0.6) is 0 Å². The molecule has 0 aromatic carbocycles. The minimum atomic E-state index is -6.68. The molecule has 0 saturated heterocycles. The number of unbranched alkanes of at least 4 members (excludes halogenated alkanes) is 9. The zero-order chi connectivity index (χ0) is 20.5. The summed E-state index contributed by atoms with van der Waals surface area (Å²) in [5.74, 6) is -6.68. The number of sulfonamides is 1. The molecule has 0 aliphatic carbocycles. The normalized spacial score (nSPS) is 14.0. The standard InChI is InChI=1S/C15H26F7NO2S/c1-2-3-4-5-6-7-8-9-10-11-12-23-26(24,25)15(21,22)13(16,17)14(18,19)20/h23H,2-12H2,1H3. The molecule has 0 fully saturated rings. The fourth-order valence-corrected chi connectivity index (χ4v) is 3.29. The maximum atomic E-state index is 13.2. The molecule has 0 spiro atoms. The van der Waals surface area contributed by atoms with Crippen LogP contribution in [0.15, 0.2) is 0 Å². The molecule has 3 nitrogen and oxygen atoms in total. The number of nitrogens with one attached hydrogen (secondary N) is 1. The van der Waals surface area contributed by atoms with Crippen molar-refractivity contribution in [2.45, 2.75) is 88.5 Å². The van der Waals surface area contributed by atoms with Gasteiger partial charge in [-0.25, -0.2) is 13.1 Å². The SMILES string of the molecule is CCCCCCCCCCCCNS(=O)(=O)C(F)(F)C(F)(F)C(F)(F)F. The summed E-state index contributed by atoms with van der Waals surface area (Å²) in [7, 11) is -6.16. The molecule has 0 bridgehead atoms. The number of hydrogen-bond donors (Lipinski definition) is 1. The van der Waals surface area contributed by atoms with Crippen LogP contribution in [0, 0.1) is 0 Å². The Hall–Kier alpha value is -0.580. The Morgan fingerprint density at radius 2 is 1.08 bits per heavy atom. The first-order chi connectivity index (χ1) is 11.8. The van der Waals surface area contributed by atoms with Gasteiger partial charge in [0.05, 0.1) is 0 Å². The molecule has 0 atom stereocenters. The van der Waals surface area contributed by atoms with Gasteiger partial charge in [0, 0.05) is 6.54 Å². The van der Waals surface area contributed by atoms with Crippen LogP contribution in [0.25, 0.3) is 0 Å². The largest absolute Gasteiger partial charge is 0.461 e. The number of halogens is 7. The summed E-state index contributed by atoms with van der Waals surface area (Å²) in [5.41, 5.74) is 0. The van der Waals surface area contributed by atoms with Gasteiger partial charge in [0.2, 0.25) is 0 Å². The van der Waals surface area contributed by atoms with Crippen LogP contribution in [0.1, 0.15) is 71.1 Å². The highest BCUT2D eigenvalue weighted by Crippen LogP contribution is 2.48. The van der Waals surface area contributed by atoms with Crippen molar-refractivity contribution in [3.63, 3.8) is 0 Å². The first-order valence-corrected chi connectivity index (χ1v) is 10.1. The lowest BCUT2D eigenvalue weighted by atomic mass is 10.1. The van der Waals surface area contributed by atoms with Crippen molar-refractivity contribution in [3.05, 3.63) is 0 Å². The smallest absolute Gasteiger partial charge is 0.210 e. The zero-order valence-electron chi connectivity index (χ0n) is 14.6. The number of alkyl halides is 7. The van der Waals surface area contributed by atoms with Gasteiger partial charge in [-0.05, 0) is 6.42 Å². The van der Waals surface area contributed by atoms with E-state index in [1.54, 1.807) is 0 Å². The number of hydrogen-bond acceptors (Lipinski definition) is 2. The highest BCUT2D eigenvalue weighted by atomic mass is 32.2. The second kappa shape index (κ2) is 10.7. The maximum absolute atomic E-state index is 13.2. The Morgan fingerprint density at radius 1 is 0.692 bits per heavy atom. The molecular weight excluding hydrogens is 391 g/mol. The lowest BCUT2D eigenvalue weighted by Crippen LogP contribution is -2.59. The molecule has 1 N–H and O–H groups in total. The van der Waals surface area contributed by atoms with Crippen LogP contribution in [-0.2, 0) is 10.0 Å². The quantitative estimate of drug-likeness (QED) is 0.295. The minimum Gasteiger partial charge on any atom is -0.210 e. The summed E-state index contributed by atoms with van der Waals surface area (Å²) in [6, 6.07) is 0. The van der Waals surface area contributed by atoms with Gasteiger partial charge < -0.3 is 0 Å². The van der Waals surface area contributed by atoms with Gasteiger partial charge in [0.1, 0.15) is 0 Å². The Bertz CT molecular complexity index is 493. The summed E-state index contributed by atoms with van der Waals surface area (Å²) in [6.45, 7) is 1.48. The van der Waals surface area contributed by atoms with Crippen molar-refractivity contribution < 1.29 is 39.2 Å². The third kappa shape index (κ3) is 7.21. The molecule has 0 rings (SSSR count). The zero-order valence-corrected chi connectivity index (χ0v) is 15.5. The molecule has 0 unspecified atom stereocenters. The fourth-order valence-electron chi connectivity index (χ4n) is 2.24. The van der Waals surface area contributed by atoms with Crippen molar-refractivity contribution in [2.75, 3.05) is 6.54 Å². The maximum Gasteiger partial charge on any atom is 0.461 e. The van der Waals surface area contributed by atoms with Gasteiger partial charge in [-0.15, -0.1) is 0 Å². The van der Waals surface area contributed by atoms with Crippen LogP contribution >= 0.6 is 0 Å². The van der Waals surface area contributed by atoms with E-state index in [1.165, 1.54) is 6.42 Å². The minimum absolute atomic E-state index is 0.0722. The predicted molar refractivity (Wildman–Crippen MR) is 84.7 cm³/mol. The Balaban J connectivity index is 4.15. The second-order valence-electron chi connectivity index (χ2n) is 6.17. The topological polar surface area (TPSA) is 46.2 Å². The highest BCUT2D eigenvalue weighted by Gasteiger charge is 2.78. The van der Waals surface area contributed by atoms with Gasteiger partial charge in [0.15, 0.2) is 0 Å². The molecule has 0 aliphatic heterocycles. The van der Waals surface area contributed by atoms with E-state index >= 15 is 0 Å². The number of rotatable bonds is 14. The molecule has 0 aromatic heterocycles. The lowest BCUT2D eigenvalue weighted by molar-refractivity contribution is -0.332. The Morgan fingerprint density at radius 3 is 1.46 bits per heavy atom. The van der Waals surface area contributed by atoms with E-state index in [4.69, 9.17) is 0 Å². The second-order valence-corrected chi connectivity index (χ2v) is 7.98. The molecule has 0 heterocycles. The summed E-state index contributed by atoms with van der Waals surface area (Å²) in [6.07, 6.45) is 2.06. The average Bonchev–Trinajstić information content (AvgIpc) is 2.51. The fraction of sp³-hybridized carbons (Fsp3) is 1.00. The first kappa shape index (κ1) is 25.4. The van der Waals surface area contributed by atoms with Crippen molar-refractivity contribution >= 4 is 10.0 Å². The monoisotopic (exact) mass is 417 g/mol. The van der Waals surface area contributed by atoms with Crippen molar-refractivity contribution in [1.29, 1.82) is 0 Å². The summed E-state index contributed by atoms with van der Waals surface area (Å²) in [4.78, 5) is 0. The van der Waals surface area contributed by atoms with Gasteiger partial charge in [-0.1, -0.05) is 64.7 Å². The molecule has 0 saturated carbocycles. The Kier molecular flexibility index (Phi) is 10.4. The van der Waals surface area contributed by atoms with E-state index in [0.717, 1.165) is 43.2 Å². The molecule has 0 radical (unpaired) electrons. The molecule has 26 heavy (non-hydrogen) atoms. The summed E-state index contributed by atoms with van der Waals surface area (Å²) < 4.78 is 111.